The van der Waals surface area contributed by atoms with Crippen molar-refractivity contribution < 1.29 is 17.9 Å². The standard InChI is InChI=1S/C12H21NO4S/c1-2-13(7-10-3-5-17-8-10)12(14)11-4-6-18(15,16)9-11/h10-11H,2-9H2,1H3. The summed E-state index contributed by atoms with van der Waals surface area (Å²) in [6, 6.07) is 0. The predicted octanol–water partition coefficient (Wildman–Crippen LogP) is 0.306. The molecular formula is C12H21NO4S. The van der Waals surface area contributed by atoms with E-state index in [4.69, 9.17) is 4.74 Å². The van der Waals surface area contributed by atoms with Crippen LogP contribution in [0, 0.1) is 11.8 Å². The highest BCUT2D eigenvalue weighted by Crippen LogP contribution is 2.22. The molecule has 2 heterocycles. The number of hydrogen-bond acceptors (Lipinski definition) is 4. The Morgan fingerprint density at radius 2 is 2.17 bits per heavy atom. The molecule has 2 saturated heterocycles. The molecule has 0 aromatic carbocycles. The molecule has 2 atom stereocenters. The average molecular weight is 275 g/mol. The number of hydrogen-bond donors (Lipinski definition) is 0. The molecule has 0 spiro atoms. The Morgan fingerprint density at radius 3 is 2.67 bits per heavy atom. The Bertz CT molecular complexity index is 400. The van der Waals surface area contributed by atoms with Crippen LogP contribution in [-0.2, 0) is 19.4 Å². The summed E-state index contributed by atoms with van der Waals surface area (Å²) in [4.78, 5) is 14.1. The monoisotopic (exact) mass is 275 g/mol. The van der Waals surface area contributed by atoms with E-state index in [9.17, 15) is 13.2 Å². The van der Waals surface area contributed by atoms with Gasteiger partial charge in [0.05, 0.1) is 24.0 Å². The van der Waals surface area contributed by atoms with Crippen LogP contribution >= 0.6 is 0 Å². The van der Waals surface area contributed by atoms with Crippen molar-refractivity contribution >= 4 is 15.7 Å². The molecule has 6 heteroatoms. The van der Waals surface area contributed by atoms with E-state index in [1.54, 1.807) is 4.90 Å². The van der Waals surface area contributed by atoms with Gasteiger partial charge in [-0.15, -0.1) is 0 Å². The lowest BCUT2D eigenvalue weighted by atomic mass is 10.0. The van der Waals surface area contributed by atoms with Gasteiger partial charge >= 0.3 is 0 Å². The van der Waals surface area contributed by atoms with E-state index in [-0.39, 0.29) is 23.3 Å². The van der Waals surface area contributed by atoms with Gasteiger partial charge in [0, 0.05) is 25.6 Å². The highest BCUT2D eigenvalue weighted by Gasteiger charge is 2.35. The molecule has 0 bridgehead atoms. The van der Waals surface area contributed by atoms with Gasteiger partial charge in [0.15, 0.2) is 9.84 Å². The molecular weight excluding hydrogens is 254 g/mol. The van der Waals surface area contributed by atoms with Gasteiger partial charge in [0.1, 0.15) is 0 Å². The van der Waals surface area contributed by atoms with Crippen molar-refractivity contribution in [3.05, 3.63) is 0 Å². The molecule has 104 valence electrons. The van der Waals surface area contributed by atoms with Gasteiger partial charge in [0.25, 0.3) is 0 Å². The van der Waals surface area contributed by atoms with E-state index >= 15 is 0 Å². The molecule has 0 N–H and O–H groups in total. The summed E-state index contributed by atoms with van der Waals surface area (Å²) in [6.45, 7) is 4.77. The predicted molar refractivity (Wildman–Crippen MR) is 67.9 cm³/mol. The molecule has 5 nitrogen and oxygen atoms in total. The van der Waals surface area contributed by atoms with E-state index < -0.39 is 9.84 Å². The SMILES string of the molecule is CCN(CC1CCOC1)C(=O)C1CCS(=O)(=O)C1. The van der Waals surface area contributed by atoms with Crippen LogP contribution < -0.4 is 0 Å². The van der Waals surface area contributed by atoms with E-state index in [0.717, 1.165) is 13.0 Å². The van der Waals surface area contributed by atoms with Gasteiger partial charge in [0.2, 0.25) is 5.91 Å². The van der Waals surface area contributed by atoms with Crippen molar-refractivity contribution in [3.8, 4) is 0 Å². The summed E-state index contributed by atoms with van der Waals surface area (Å²) in [5.41, 5.74) is 0. The Balaban J connectivity index is 1.93. The van der Waals surface area contributed by atoms with Crippen molar-refractivity contribution in [1.29, 1.82) is 0 Å². The molecule has 1 amide bonds. The Hall–Kier alpha value is -0.620. The van der Waals surface area contributed by atoms with Crippen LogP contribution in [0.5, 0.6) is 0 Å². The lowest BCUT2D eigenvalue weighted by molar-refractivity contribution is -0.135. The molecule has 2 unspecified atom stereocenters. The molecule has 2 aliphatic rings. The molecule has 2 fully saturated rings. The minimum absolute atomic E-state index is 0.00507. The van der Waals surface area contributed by atoms with Crippen molar-refractivity contribution in [1.82, 2.24) is 4.90 Å². The third-order valence-corrected chi connectivity index (χ3v) is 5.55. The van der Waals surface area contributed by atoms with E-state index in [0.29, 0.717) is 32.0 Å². The van der Waals surface area contributed by atoms with Crippen LogP contribution in [0.4, 0.5) is 0 Å². The smallest absolute Gasteiger partial charge is 0.226 e. The topological polar surface area (TPSA) is 63.7 Å². The average Bonchev–Trinajstić information content (AvgIpc) is 2.94. The minimum Gasteiger partial charge on any atom is -0.381 e. The number of carbonyl (C=O) groups is 1. The van der Waals surface area contributed by atoms with Gasteiger partial charge in [-0.1, -0.05) is 0 Å². The van der Waals surface area contributed by atoms with Gasteiger partial charge in [-0.2, -0.15) is 0 Å². The summed E-state index contributed by atoms with van der Waals surface area (Å²) < 4.78 is 28.1. The highest BCUT2D eigenvalue weighted by atomic mass is 32.2. The first-order valence-electron chi connectivity index (χ1n) is 6.59. The second-order valence-corrected chi connectivity index (χ2v) is 7.44. The number of ether oxygens (including phenoxy) is 1. The number of rotatable bonds is 4. The lowest BCUT2D eigenvalue weighted by Gasteiger charge is -2.26. The maximum absolute atomic E-state index is 12.3. The largest absolute Gasteiger partial charge is 0.381 e. The minimum atomic E-state index is -2.98. The summed E-state index contributed by atoms with van der Waals surface area (Å²) >= 11 is 0. The Labute approximate surface area is 108 Å². The first kappa shape index (κ1) is 13.8. The van der Waals surface area contributed by atoms with Gasteiger partial charge in [-0.05, 0) is 19.8 Å². The summed E-state index contributed by atoms with van der Waals surface area (Å²) in [5, 5.41) is 0. The lowest BCUT2D eigenvalue weighted by Crippen LogP contribution is -2.39. The first-order chi connectivity index (χ1) is 8.52. The van der Waals surface area contributed by atoms with Crippen molar-refractivity contribution in [2.45, 2.75) is 19.8 Å². The number of carbonyl (C=O) groups excluding carboxylic acids is 1. The molecule has 0 radical (unpaired) electrons. The summed E-state index contributed by atoms with van der Waals surface area (Å²) in [5.74, 6) is 0.284. The first-order valence-corrected chi connectivity index (χ1v) is 8.41. The Morgan fingerprint density at radius 1 is 1.39 bits per heavy atom. The van der Waals surface area contributed by atoms with Crippen molar-refractivity contribution in [3.63, 3.8) is 0 Å². The van der Waals surface area contributed by atoms with Crippen molar-refractivity contribution in [2.75, 3.05) is 37.8 Å². The van der Waals surface area contributed by atoms with Crippen LogP contribution in [0.25, 0.3) is 0 Å². The van der Waals surface area contributed by atoms with Gasteiger partial charge in [-0.25, -0.2) is 8.42 Å². The number of sulfone groups is 1. The second-order valence-electron chi connectivity index (χ2n) is 5.21. The normalized spacial score (nSPS) is 30.5. The van der Waals surface area contributed by atoms with Gasteiger partial charge in [-0.3, -0.25) is 4.79 Å². The maximum atomic E-state index is 12.3. The summed E-state index contributed by atoms with van der Waals surface area (Å²) in [7, 11) is -2.98. The molecule has 0 aromatic heterocycles. The van der Waals surface area contributed by atoms with Crippen LogP contribution in [0.15, 0.2) is 0 Å². The fourth-order valence-electron chi connectivity index (χ4n) is 2.66. The zero-order valence-corrected chi connectivity index (χ0v) is 11.6. The maximum Gasteiger partial charge on any atom is 0.226 e. The number of amides is 1. The van der Waals surface area contributed by atoms with E-state index in [1.165, 1.54) is 0 Å². The highest BCUT2D eigenvalue weighted by molar-refractivity contribution is 7.91. The van der Waals surface area contributed by atoms with Gasteiger partial charge < -0.3 is 9.64 Å². The molecule has 0 aliphatic carbocycles. The van der Waals surface area contributed by atoms with E-state index in [1.807, 2.05) is 6.92 Å². The Kier molecular flexibility index (Phi) is 4.27. The van der Waals surface area contributed by atoms with Crippen LogP contribution in [0.3, 0.4) is 0 Å². The third kappa shape index (κ3) is 3.23. The molecule has 2 rings (SSSR count). The molecule has 2 aliphatic heterocycles. The fraction of sp³-hybridized carbons (Fsp3) is 0.917. The van der Waals surface area contributed by atoms with Crippen molar-refractivity contribution in [2.24, 2.45) is 11.8 Å². The number of nitrogens with zero attached hydrogens (tertiary/aromatic N) is 1. The zero-order valence-electron chi connectivity index (χ0n) is 10.8. The zero-order chi connectivity index (χ0) is 13.2. The molecule has 18 heavy (non-hydrogen) atoms. The second kappa shape index (κ2) is 5.57. The molecule has 0 saturated carbocycles. The third-order valence-electron chi connectivity index (χ3n) is 3.78. The van der Waals surface area contributed by atoms with Crippen LogP contribution in [0.1, 0.15) is 19.8 Å². The van der Waals surface area contributed by atoms with Crippen LogP contribution in [-0.4, -0.2) is 57.0 Å². The molecule has 0 aromatic rings. The van der Waals surface area contributed by atoms with Crippen LogP contribution in [0.2, 0.25) is 0 Å². The van der Waals surface area contributed by atoms with E-state index in [2.05, 4.69) is 0 Å². The fourth-order valence-corrected chi connectivity index (χ4v) is 4.39. The summed E-state index contributed by atoms with van der Waals surface area (Å²) in [6.07, 6.45) is 1.48. The quantitative estimate of drug-likeness (QED) is 0.740.